The molecule has 0 amide bonds. The van der Waals surface area contributed by atoms with Crippen LogP contribution in [0, 0.1) is 5.41 Å². The Bertz CT molecular complexity index is 197. The first kappa shape index (κ1) is 10.4. The van der Waals surface area contributed by atoms with Gasteiger partial charge in [0.25, 0.3) is 0 Å². The summed E-state index contributed by atoms with van der Waals surface area (Å²) in [6.07, 6.45) is 1.27. The van der Waals surface area contributed by atoms with E-state index < -0.39 is 0 Å². The van der Waals surface area contributed by atoms with Crippen LogP contribution in [-0.2, 0) is 0 Å². The molecule has 3 heteroatoms. The number of rotatable bonds is 2. The summed E-state index contributed by atoms with van der Waals surface area (Å²) in [5, 5.41) is 7.27. The minimum absolute atomic E-state index is 0.409. The van der Waals surface area contributed by atoms with Crippen molar-refractivity contribution in [2.45, 2.75) is 32.4 Å². The van der Waals surface area contributed by atoms with Gasteiger partial charge in [-0.1, -0.05) is 13.8 Å². The van der Waals surface area contributed by atoms with Gasteiger partial charge in [-0.25, -0.2) is 0 Å². The zero-order valence-corrected chi connectivity index (χ0v) is 9.64. The summed E-state index contributed by atoms with van der Waals surface area (Å²) in [7, 11) is 2.19. The van der Waals surface area contributed by atoms with Gasteiger partial charge in [-0.2, -0.15) is 0 Å². The summed E-state index contributed by atoms with van der Waals surface area (Å²) < 4.78 is 0. The molecule has 1 atom stereocenters. The molecule has 2 heterocycles. The average Bonchev–Trinajstić information content (AvgIpc) is 2.05. The molecule has 2 N–H and O–H groups in total. The van der Waals surface area contributed by atoms with Crippen molar-refractivity contribution in [3.8, 4) is 0 Å². The maximum Gasteiger partial charge on any atom is 0.0325 e. The van der Waals surface area contributed by atoms with E-state index in [0.29, 0.717) is 11.5 Å². The largest absolute Gasteiger partial charge is 0.316 e. The highest BCUT2D eigenvalue weighted by Crippen LogP contribution is 2.26. The van der Waals surface area contributed by atoms with E-state index in [4.69, 9.17) is 0 Å². The molecule has 0 saturated carbocycles. The van der Waals surface area contributed by atoms with E-state index in [-0.39, 0.29) is 0 Å². The van der Waals surface area contributed by atoms with Crippen LogP contribution in [0.15, 0.2) is 0 Å². The SMILES string of the molecule is CN1CC(NC2CCNCC2(C)C)C1. The van der Waals surface area contributed by atoms with E-state index in [2.05, 4.69) is 36.4 Å². The summed E-state index contributed by atoms with van der Waals surface area (Å²) in [6.45, 7) is 9.48. The molecule has 0 radical (unpaired) electrons. The fraction of sp³-hybridized carbons (Fsp3) is 1.00. The number of hydrogen-bond acceptors (Lipinski definition) is 3. The van der Waals surface area contributed by atoms with Crippen molar-refractivity contribution in [1.29, 1.82) is 0 Å². The fourth-order valence-electron chi connectivity index (χ4n) is 2.57. The van der Waals surface area contributed by atoms with Crippen LogP contribution in [0.2, 0.25) is 0 Å². The summed E-state index contributed by atoms with van der Waals surface area (Å²) in [6, 6.07) is 1.44. The lowest BCUT2D eigenvalue weighted by molar-refractivity contribution is 0.103. The maximum atomic E-state index is 3.79. The van der Waals surface area contributed by atoms with E-state index in [1.165, 1.54) is 26.1 Å². The van der Waals surface area contributed by atoms with Gasteiger partial charge in [0.1, 0.15) is 0 Å². The minimum Gasteiger partial charge on any atom is -0.316 e. The van der Waals surface area contributed by atoms with Gasteiger partial charge in [0, 0.05) is 31.7 Å². The summed E-state index contributed by atoms with van der Waals surface area (Å²) in [5.74, 6) is 0. The Morgan fingerprint density at radius 1 is 1.36 bits per heavy atom. The average molecular weight is 197 g/mol. The van der Waals surface area contributed by atoms with Crippen molar-refractivity contribution in [2.75, 3.05) is 33.2 Å². The van der Waals surface area contributed by atoms with Gasteiger partial charge >= 0.3 is 0 Å². The van der Waals surface area contributed by atoms with Gasteiger partial charge in [-0.05, 0) is 25.4 Å². The molecule has 3 nitrogen and oxygen atoms in total. The third kappa shape index (κ3) is 2.10. The van der Waals surface area contributed by atoms with Crippen molar-refractivity contribution in [3.63, 3.8) is 0 Å². The van der Waals surface area contributed by atoms with Gasteiger partial charge in [-0.15, -0.1) is 0 Å². The molecule has 1 unspecified atom stereocenters. The van der Waals surface area contributed by atoms with Crippen molar-refractivity contribution < 1.29 is 0 Å². The molecule has 2 aliphatic heterocycles. The number of piperidine rings is 1. The van der Waals surface area contributed by atoms with Crippen LogP contribution >= 0.6 is 0 Å². The zero-order valence-electron chi connectivity index (χ0n) is 9.64. The second-order valence-corrected chi connectivity index (χ2v) is 5.59. The Morgan fingerprint density at radius 3 is 2.64 bits per heavy atom. The van der Waals surface area contributed by atoms with Gasteiger partial charge in [0.15, 0.2) is 0 Å². The van der Waals surface area contributed by atoms with Crippen molar-refractivity contribution >= 4 is 0 Å². The Morgan fingerprint density at radius 2 is 2.07 bits per heavy atom. The number of hydrogen-bond donors (Lipinski definition) is 2. The molecule has 0 aromatic rings. The number of likely N-dealkylation sites (N-methyl/N-ethyl adjacent to an activating group) is 1. The molecule has 2 aliphatic rings. The predicted molar refractivity (Wildman–Crippen MR) is 59.5 cm³/mol. The highest BCUT2D eigenvalue weighted by Gasteiger charge is 2.35. The summed E-state index contributed by atoms with van der Waals surface area (Å²) in [5.41, 5.74) is 0.409. The third-order valence-corrected chi connectivity index (χ3v) is 3.63. The van der Waals surface area contributed by atoms with E-state index in [1.54, 1.807) is 0 Å². The standard InChI is InChI=1S/C11H23N3/c1-11(2)8-12-5-4-10(11)13-9-6-14(3)7-9/h9-10,12-13H,4-8H2,1-3H3. The number of nitrogens with zero attached hydrogens (tertiary/aromatic N) is 1. The molecule has 14 heavy (non-hydrogen) atoms. The molecule has 0 bridgehead atoms. The maximum absolute atomic E-state index is 3.79. The van der Waals surface area contributed by atoms with Crippen molar-refractivity contribution in [2.24, 2.45) is 5.41 Å². The summed E-state index contributed by atoms with van der Waals surface area (Å²) >= 11 is 0. The van der Waals surface area contributed by atoms with Crippen LogP contribution in [0.4, 0.5) is 0 Å². The van der Waals surface area contributed by atoms with Crippen LogP contribution in [0.5, 0.6) is 0 Å². The van der Waals surface area contributed by atoms with Crippen molar-refractivity contribution in [3.05, 3.63) is 0 Å². The predicted octanol–water partition coefficient (Wildman–Crippen LogP) is 0.278. The quantitative estimate of drug-likeness (QED) is 0.666. The van der Waals surface area contributed by atoms with Gasteiger partial charge < -0.3 is 15.5 Å². The molecular formula is C11H23N3. The highest BCUT2D eigenvalue weighted by atomic mass is 15.2. The Labute approximate surface area is 87.2 Å². The van der Waals surface area contributed by atoms with E-state index >= 15 is 0 Å². The molecule has 2 rings (SSSR count). The Balaban J connectivity index is 1.83. The highest BCUT2D eigenvalue weighted by molar-refractivity contribution is 4.95. The fourth-order valence-corrected chi connectivity index (χ4v) is 2.57. The van der Waals surface area contributed by atoms with Crippen LogP contribution in [-0.4, -0.2) is 50.2 Å². The second kappa shape index (κ2) is 3.80. The first-order valence-corrected chi connectivity index (χ1v) is 5.73. The van der Waals surface area contributed by atoms with Gasteiger partial charge in [-0.3, -0.25) is 0 Å². The molecule has 82 valence electrons. The minimum atomic E-state index is 0.409. The smallest absolute Gasteiger partial charge is 0.0325 e. The molecular weight excluding hydrogens is 174 g/mol. The second-order valence-electron chi connectivity index (χ2n) is 5.59. The number of likely N-dealkylation sites (tertiary alicyclic amines) is 1. The normalized spacial score (nSPS) is 34.1. The molecule has 0 aromatic carbocycles. The molecule has 0 spiro atoms. The van der Waals surface area contributed by atoms with Crippen LogP contribution in [0.25, 0.3) is 0 Å². The van der Waals surface area contributed by atoms with Crippen LogP contribution < -0.4 is 10.6 Å². The molecule has 0 aliphatic carbocycles. The van der Waals surface area contributed by atoms with E-state index in [0.717, 1.165) is 12.6 Å². The Kier molecular flexibility index (Phi) is 2.82. The van der Waals surface area contributed by atoms with Gasteiger partial charge in [0.2, 0.25) is 0 Å². The lowest BCUT2D eigenvalue weighted by atomic mass is 9.79. The van der Waals surface area contributed by atoms with Crippen LogP contribution in [0.3, 0.4) is 0 Å². The van der Waals surface area contributed by atoms with Crippen molar-refractivity contribution in [1.82, 2.24) is 15.5 Å². The zero-order chi connectivity index (χ0) is 10.2. The third-order valence-electron chi connectivity index (χ3n) is 3.63. The topological polar surface area (TPSA) is 27.3 Å². The Hall–Kier alpha value is -0.120. The number of nitrogens with one attached hydrogen (secondary N) is 2. The summed E-state index contributed by atoms with van der Waals surface area (Å²) in [4.78, 5) is 2.37. The first-order chi connectivity index (χ1) is 6.58. The van der Waals surface area contributed by atoms with E-state index in [9.17, 15) is 0 Å². The lowest BCUT2D eigenvalue weighted by Gasteiger charge is -2.45. The molecule has 2 fully saturated rings. The monoisotopic (exact) mass is 197 g/mol. The lowest BCUT2D eigenvalue weighted by Crippen LogP contribution is -2.63. The van der Waals surface area contributed by atoms with Crippen LogP contribution in [0.1, 0.15) is 20.3 Å². The van der Waals surface area contributed by atoms with Gasteiger partial charge in [0.05, 0.1) is 0 Å². The first-order valence-electron chi connectivity index (χ1n) is 5.73. The molecule has 0 aromatic heterocycles. The van der Waals surface area contributed by atoms with E-state index in [1.807, 2.05) is 0 Å². The molecule has 2 saturated heterocycles.